The van der Waals surface area contributed by atoms with Gasteiger partial charge in [-0.2, -0.15) is 0 Å². The average molecular weight is 238 g/mol. The van der Waals surface area contributed by atoms with Crippen molar-refractivity contribution in [1.82, 2.24) is 0 Å². The highest BCUT2D eigenvalue weighted by molar-refractivity contribution is 4.86. The van der Waals surface area contributed by atoms with E-state index in [1.54, 1.807) is 0 Å². The molecule has 0 amide bonds. The first kappa shape index (κ1) is 15.1. The van der Waals surface area contributed by atoms with Crippen molar-refractivity contribution in [3.8, 4) is 0 Å². The quantitative estimate of drug-likeness (QED) is 0.504. The van der Waals surface area contributed by atoms with Crippen LogP contribution >= 0.6 is 0 Å². The van der Waals surface area contributed by atoms with Gasteiger partial charge in [0.05, 0.1) is 0 Å². The molecule has 0 aromatic carbocycles. The lowest BCUT2D eigenvalue weighted by atomic mass is 9.83. The molecule has 1 saturated carbocycles. The first-order chi connectivity index (χ1) is 7.93. The van der Waals surface area contributed by atoms with E-state index in [2.05, 4.69) is 41.5 Å². The van der Waals surface area contributed by atoms with Crippen molar-refractivity contribution in [3.05, 3.63) is 0 Å². The molecule has 0 nitrogen and oxygen atoms in total. The van der Waals surface area contributed by atoms with Gasteiger partial charge in [0.15, 0.2) is 0 Å². The summed E-state index contributed by atoms with van der Waals surface area (Å²) in [6.45, 7) is 14.4. The second-order valence-corrected chi connectivity index (χ2v) is 7.30. The highest BCUT2D eigenvalue weighted by Crippen LogP contribution is 2.46. The molecule has 0 aromatic rings. The second-order valence-electron chi connectivity index (χ2n) is 7.30. The second kappa shape index (κ2) is 6.81. The van der Waals surface area contributed by atoms with E-state index in [0.717, 1.165) is 35.5 Å². The van der Waals surface area contributed by atoms with Gasteiger partial charge in [0.2, 0.25) is 0 Å². The van der Waals surface area contributed by atoms with Crippen molar-refractivity contribution >= 4 is 0 Å². The molecule has 0 bridgehead atoms. The third-order valence-electron chi connectivity index (χ3n) is 5.02. The molecular weight excluding hydrogens is 204 g/mol. The zero-order chi connectivity index (χ0) is 13.0. The monoisotopic (exact) mass is 238 g/mol. The molecule has 0 heterocycles. The standard InChI is InChI=1S/C17H34/c1-7-16-11-17(16)10-14(5)8-13(4)9-15(6)12(2)3/h12-17H,7-11H2,1-6H3. The minimum Gasteiger partial charge on any atom is -0.0651 e. The zero-order valence-corrected chi connectivity index (χ0v) is 13.0. The molecule has 0 radical (unpaired) electrons. The maximum atomic E-state index is 2.47. The predicted molar refractivity (Wildman–Crippen MR) is 78.1 cm³/mol. The van der Waals surface area contributed by atoms with Crippen molar-refractivity contribution < 1.29 is 0 Å². The minimum atomic E-state index is 0.848. The van der Waals surface area contributed by atoms with Crippen molar-refractivity contribution in [2.75, 3.05) is 0 Å². The van der Waals surface area contributed by atoms with Crippen LogP contribution in [0.5, 0.6) is 0 Å². The number of hydrogen-bond acceptors (Lipinski definition) is 0. The van der Waals surface area contributed by atoms with Crippen LogP contribution in [0.25, 0.3) is 0 Å². The van der Waals surface area contributed by atoms with E-state index in [4.69, 9.17) is 0 Å². The minimum absolute atomic E-state index is 0.848. The zero-order valence-electron chi connectivity index (χ0n) is 13.0. The van der Waals surface area contributed by atoms with Gasteiger partial charge in [-0.15, -0.1) is 0 Å². The summed E-state index contributed by atoms with van der Waals surface area (Å²) in [5, 5.41) is 0. The van der Waals surface area contributed by atoms with Gasteiger partial charge >= 0.3 is 0 Å². The normalized spacial score (nSPS) is 29.1. The first-order valence-electron chi connectivity index (χ1n) is 7.93. The molecule has 0 aliphatic heterocycles. The molecule has 1 aliphatic carbocycles. The van der Waals surface area contributed by atoms with Crippen LogP contribution in [0.1, 0.15) is 73.6 Å². The summed E-state index contributed by atoms with van der Waals surface area (Å²) in [7, 11) is 0. The average Bonchev–Trinajstić information content (AvgIpc) is 2.95. The van der Waals surface area contributed by atoms with Crippen LogP contribution < -0.4 is 0 Å². The summed E-state index contributed by atoms with van der Waals surface area (Å²) >= 11 is 0. The van der Waals surface area contributed by atoms with Crippen LogP contribution in [0, 0.1) is 35.5 Å². The molecule has 0 spiro atoms. The van der Waals surface area contributed by atoms with E-state index >= 15 is 0 Å². The highest BCUT2D eigenvalue weighted by Gasteiger charge is 2.35. The third kappa shape index (κ3) is 5.44. The molecule has 0 saturated heterocycles. The van der Waals surface area contributed by atoms with E-state index in [9.17, 15) is 0 Å². The van der Waals surface area contributed by atoms with Gasteiger partial charge < -0.3 is 0 Å². The Morgan fingerprint density at radius 3 is 2.00 bits per heavy atom. The Hall–Kier alpha value is 0. The predicted octanol–water partition coefficient (Wildman–Crippen LogP) is 5.77. The molecular formula is C17H34. The van der Waals surface area contributed by atoms with Gasteiger partial charge in [-0.05, 0) is 61.2 Å². The van der Waals surface area contributed by atoms with Crippen molar-refractivity contribution in [2.24, 2.45) is 35.5 Å². The van der Waals surface area contributed by atoms with E-state index in [0.29, 0.717) is 0 Å². The SMILES string of the molecule is CCC1CC1CC(C)CC(C)CC(C)C(C)C. The van der Waals surface area contributed by atoms with Gasteiger partial charge in [-0.3, -0.25) is 0 Å². The van der Waals surface area contributed by atoms with E-state index in [-0.39, 0.29) is 0 Å². The Bertz CT molecular complexity index is 206. The van der Waals surface area contributed by atoms with E-state index < -0.39 is 0 Å². The van der Waals surface area contributed by atoms with E-state index in [1.165, 1.54) is 32.1 Å². The fourth-order valence-corrected chi connectivity index (χ4v) is 3.40. The van der Waals surface area contributed by atoms with Crippen molar-refractivity contribution in [3.63, 3.8) is 0 Å². The van der Waals surface area contributed by atoms with Gasteiger partial charge in [-0.25, -0.2) is 0 Å². The Balaban J connectivity index is 2.15. The third-order valence-corrected chi connectivity index (χ3v) is 5.02. The summed E-state index contributed by atoms with van der Waals surface area (Å²) in [6, 6.07) is 0. The lowest BCUT2D eigenvalue weighted by molar-refractivity contribution is 0.285. The summed E-state index contributed by atoms with van der Waals surface area (Å²) in [5.74, 6) is 5.78. The van der Waals surface area contributed by atoms with E-state index in [1.807, 2.05) is 0 Å². The largest absolute Gasteiger partial charge is 0.0651 e. The van der Waals surface area contributed by atoms with Gasteiger partial charge in [0.1, 0.15) is 0 Å². The topological polar surface area (TPSA) is 0 Å². The molecule has 0 aromatic heterocycles. The van der Waals surface area contributed by atoms with Crippen LogP contribution in [0.15, 0.2) is 0 Å². The fraction of sp³-hybridized carbons (Fsp3) is 1.00. The number of hydrogen-bond donors (Lipinski definition) is 0. The van der Waals surface area contributed by atoms with Gasteiger partial charge in [0.25, 0.3) is 0 Å². The van der Waals surface area contributed by atoms with Crippen molar-refractivity contribution in [2.45, 2.75) is 73.6 Å². The molecule has 17 heavy (non-hydrogen) atoms. The van der Waals surface area contributed by atoms with Crippen LogP contribution in [0.4, 0.5) is 0 Å². The van der Waals surface area contributed by atoms with Crippen LogP contribution in [-0.2, 0) is 0 Å². The maximum absolute atomic E-state index is 2.47. The van der Waals surface area contributed by atoms with Crippen molar-refractivity contribution in [1.29, 1.82) is 0 Å². The van der Waals surface area contributed by atoms with Crippen LogP contribution in [0.2, 0.25) is 0 Å². The van der Waals surface area contributed by atoms with Crippen LogP contribution in [0.3, 0.4) is 0 Å². The van der Waals surface area contributed by atoms with Crippen LogP contribution in [-0.4, -0.2) is 0 Å². The Morgan fingerprint density at radius 1 is 0.882 bits per heavy atom. The molecule has 1 rings (SSSR count). The smallest absolute Gasteiger partial charge is 0.0381 e. The van der Waals surface area contributed by atoms with Gasteiger partial charge in [-0.1, -0.05) is 48.0 Å². The maximum Gasteiger partial charge on any atom is -0.0381 e. The molecule has 102 valence electrons. The Morgan fingerprint density at radius 2 is 1.53 bits per heavy atom. The Labute approximate surface area is 110 Å². The number of rotatable bonds is 8. The summed E-state index contributed by atoms with van der Waals surface area (Å²) in [6.07, 6.45) is 7.31. The lowest BCUT2D eigenvalue weighted by Gasteiger charge is -2.23. The fourth-order valence-electron chi connectivity index (χ4n) is 3.40. The highest BCUT2D eigenvalue weighted by atomic mass is 14.4. The first-order valence-corrected chi connectivity index (χ1v) is 7.93. The Kier molecular flexibility index (Phi) is 6.03. The molecule has 1 fully saturated rings. The summed E-state index contributed by atoms with van der Waals surface area (Å²) < 4.78 is 0. The van der Waals surface area contributed by atoms with Gasteiger partial charge in [0, 0.05) is 0 Å². The summed E-state index contributed by atoms with van der Waals surface area (Å²) in [4.78, 5) is 0. The molecule has 5 atom stereocenters. The molecule has 1 aliphatic rings. The lowest BCUT2D eigenvalue weighted by Crippen LogP contribution is -2.12. The summed E-state index contributed by atoms with van der Waals surface area (Å²) in [5.41, 5.74) is 0. The molecule has 5 unspecified atom stereocenters. The molecule has 0 heteroatoms. The molecule has 0 N–H and O–H groups in total.